The molecule has 1 aromatic carbocycles. The van der Waals surface area contributed by atoms with Crippen molar-refractivity contribution >= 4 is 23.2 Å². The molecule has 1 unspecified atom stereocenters. The molecular formula is C11H13ClN6O2. The Morgan fingerprint density at radius 2 is 2.40 bits per heavy atom. The van der Waals surface area contributed by atoms with Crippen LogP contribution < -0.4 is 11.1 Å². The summed E-state index contributed by atoms with van der Waals surface area (Å²) < 4.78 is 6.27. The second-order valence-corrected chi connectivity index (χ2v) is 4.38. The summed E-state index contributed by atoms with van der Waals surface area (Å²) in [5.74, 6) is -0.386. The minimum Gasteiger partial charge on any atom is -0.383 e. The number of nitrogens with zero attached hydrogens (tertiary/aromatic N) is 4. The minimum atomic E-state index is -0.771. The largest absolute Gasteiger partial charge is 0.383 e. The Kier molecular flexibility index (Phi) is 4.61. The summed E-state index contributed by atoms with van der Waals surface area (Å²) in [4.78, 5) is 11.8. The van der Waals surface area contributed by atoms with Gasteiger partial charge in [0.1, 0.15) is 12.4 Å². The number of hydrogen-bond donors (Lipinski definition) is 2. The van der Waals surface area contributed by atoms with E-state index >= 15 is 0 Å². The Labute approximate surface area is 119 Å². The van der Waals surface area contributed by atoms with Crippen LogP contribution in [0.3, 0.4) is 0 Å². The Morgan fingerprint density at radius 3 is 3.05 bits per heavy atom. The summed E-state index contributed by atoms with van der Waals surface area (Å²) in [5, 5.41) is 13.9. The highest BCUT2D eigenvalue weighted by atomic mass is 35.5. The molecule has 0 radical (unpaired) electrons. The fraction of sp³-hybridized carbons (Fsp3) is 0.273. The van der Waals surface area contributed by atoms with Gasteiger partial charge in [0.2, 0.25) is 5.91 Å². The molecule has 20 heavy (non-hydrogen) atoms. The molecule has 0 saturated heterocycles. The van der Waals surface area contributed by atoms with Gasteiger partial charge in [0.15, 0.2) is 0 Å². The highest BCUT2D eigenvalue weighted by Crippen LogP contribution is 2.24. The number of carbonyl (C=O) groups excluding carboxylic acids is 1. The molecule has 9 heteroatoms. The summed E-state index contributed by atoms with van der Waals surface area (Å²) in [6.07, 6.45) is 1.44. The lowest BCUT2D eigenvalue weighted by atomic mass is 10.2. The van der Waals surface area contributed by atoms with Crippen molar-refractivity contribution in [1.29, 1.82) is 0 Å². The number of carbonyl (C=O) groups is 1. The van der Waals surface area contributed by atoms with E-state index in [1.54, 1.807) is 18.2 Å². The summed E-state index contributed by atoms with van der Waals surface area (Å²) in [6, 6.07) is 4.24. The van der Waals surface area contributed by atoms with Crippen molar-refractivity contribution in [3.63, 3.8) is 0 Å². The predicted molar refractivity (Wildman–Crippen MR) is 72.6 cm³/mol. The normalized spacial score (nSPS) is 12.2. The van der Waals surface area contributed by atoms with Crippen LogP contribution in [0.4, 0.5) is 5.69 Å². The maximum absolute atomic E-state index is 11.8. The van der Waals surface area contributed by atoms with Crippen LogP contribution in [0.15, 0.2) is 24.5 Å². The number of benzene rings is 1. The van der Waals surface area contributed by atoms with Crippen molar-refractivity contribution in [1.82, 2.24) is 20.2 Å². The van der Waals surface area contributed by atoms with E-state index in [-0.39, 0.29) is 12.5 Å². The molecule has 106 valence electrons. The van der Waals surface area contributed by atoms with Gasteiger partial charge >= 0.3 is 0 Å². The standard InChI is InChI=1S/C11H13ClN6O2/c1-20-5-9(13)11(19)15-10-4-7(2-3-8(10)12)18-6-14-16-17-18/h2-4,6,9H,5,13H2,1H3,(H,15,19). The molecule has 1 aromatic heterocycles. The summed E-state index contributed by atoms with van der Waals surface area (Å²) >= 11 is 6.04. The number of tetrazole rings is 1. The Bertz CT molecular complexity index is 589. The molecule has 1 atom stereocenters. The number of aromatic nitrogens is 4. The number of methoxy groups -OCH3 is 1. The first kappa shape index (κ1) is 14.4. The van der Waals surface area contributed by atoms with Gasteiger partial charge in [0.25, 0.3) is 0 Å². The zero-order chi connectivity index (χ0) is 14.5. The van der Waals surface area contributed by atoms with Gasteiger partial charge in [-0.2, -0.15) is 0 Å². The van der Waals surface area contributed by atoms with Crippen molar-refractivity contribution in [3.8, 4) is 5.69 Å². The van der Waals surface area contributed by atoms with Crippen LogP contribution in [0.2, 0.25) is 5.02 Å². The van der Waals surface area contributed by atoms with Crippen LogP contribution in [0.5, 0.6) is 0 Å². The quantitative estimate of drug-likeness (QED) is 0.817. The summed E-state index contributed by atoms with van der Waals surface area (Å²) in [6.45, 7) is 0.121. The molecule has 0 fully saturated rings. The first-order valence-electron chi connectivity index (χ1n) is 5.70. The van der Waals surface area contributed by atoms with Crippen LogP contribution in [-0.2, 0) is 9.53 Å². The lowest BCUT2D eigenvalue weighted by Gasteiger charge is -2.13. The number of amides is 1. The van der Waals surface area contributed by atoms with E-state index in [0.717, 1.165) is 0 Å². The average molecular weight is 297 g/mol. The third-order valence-electron chi connectivity index (χ3n) is 2.50. The summed E-state index contributed by atoms with van der Waals surface area (Å²) in [5.41, 5.74) is 6.73. The molecule has 0 aliphatic rings. The van der Waals surface area contributed by atoms with Gasteiger partial charge in [-0.05, 0) is 28.6 Å². The van der Waals surface area contributed by atoms with E-state index in [0.29, 0.717) is 16.4 Å². The van der Waals surface area contributed by atoms with Crippen LogP contribution in [0.25, 0.3) is 5.69 Å². The second-order valence-electron chi connectivity index (χ2n) is 3.97. The molecule has 2 aromatic rings. The molecule has 8 nitrogen and oxygen atoms in total. The minimum absolute atomic E-state index is 0.121. The maximum atomic E-state index is 11.8. The zero-order valence-electron chi connectivity index (χ0n) is 10.7. The van der Waals surface area contributed by atoms with Gasteiger partial charge in [-0.25, -0.2) is 4.68 Å². The number of halogens is 1. The van der Waals surface area contributed by atoms with E-state index in [2.05, 4.69) is 20.8 Å². The van der Waals surface area contributed by atoms with Gasteiger partial charge in [0, 0.05) is 7.11 Å². The molecule has 0 aliphatic carbocycles. The molecule has 2 rings (SSSR count). The monoisotopic (exact) mass is 296 g/mol. The van der Waals surface area contributed by atoms with Crippen LogP contribution in [0, 0.1) is 0 Å². The molecule has 0 aliphatic heterocycles. The number of rotatable bonds is 5. The van der Waals surface area contributed by atoms with E-state index in [9.17, 15) is 4.79 Å². The van der Waals surface area contributed by atoms with E-state index < -0.39 is 6.04 Å². The molecular weight excluding hydrogens is 284 g/mol. The fourth-order valence-electron chi connectivity index (χ4n) is 1.51. The first-order valence-corrected chi connectivity index (χ1v) is 6.08. The van der Waals surface area contributed by atoms with Gasteiger partial charge in [-0.1, -0.05) is 11.6 Å². The Morgan fingerprint density at radius 1 is 1.60 bits per heavy atom. The molecule has 0 bridgehead atoms. The lowest BCUT2D eigenvalue weighted by Crippen LogP contribution is -2.39. The van der Waals surface area contributed by atoms with Gasteiger partial charge in [-0.15, -0.1) is 5.10 Å². The van der Waals surface area contributed by atoms with Crippen LogP contribution in [-0.4, -0.2) is 45.9 Å². The molecule has 1 amide bonds. The lowest BCUT2D eigenvalue weighted by molar-refractivity contribution is -0.118. The highest BCUT2D eigenvalue weighted by Gasteiger charge is 2.15. The molecule has 0 spiro atoms. The van der Waals surface area contributed by atoms with E-state index in [1.807, 2.05) is 0 Å². The number of ether oxygens (including phenoxy) is 1. The number of anilines is 1. The maximum Gasteiger partial charge on any atom is 0.243 e. The van der Waals surface area contributed by atoms with Crippen LogP contribution >= 0.6 is 11.6 Å². The first-order chi connectivity index (χ1) is 9.61. The molecule has 3 N–H and O–H groups in total. The van der Waals surface area contributed by atoms with Gasteiger partial charge < -0.3 is 15.8 Å². The van der Waals surface area contributed by atoms with Crippen LogP contribution in [0.1, 0.15) is 0 Å². The van der Waals surface area contributed by atoms with Gasteiger partial charge in [-0.3, -0.25) is 4.79 Å². The molecule has 0 saturated carbocycles. The van der Waals surface area contributed by atoms with Crippen molar-refractivity contribution < 1.29 is 9.53 Å². The van der Waals surface area contributed by atoms with E-state index in [1.165, 1.54) is 18.1 Å². The number of nitrogens with two attached hydrogens (primary N) is 1. The smallest absolute Gasteiger partial charge is 0.243 e. The summed E-state index contributed by atoms with van der Waals surface area (Å²) in [7, 11) is 1.47. The number of hydrogen-bond acceptors (Lipinski definition) is 6. The van der Waals surface area contributed by atoms with Crippen molar-refractivity contribution in [2.24, 2.45) is 5.73 Å². The SMILES string of the molecule is COCC(N)C(=O)Nc1cc(-n2cnnn2)ccc1Cl. The van der Waals surface area contributed by atoms with Crippen molar-refractivity contribution in [3.05, 3.63) is 29.5 Å². The third-order valence-corrected chi connectivity index (χ3v) is 2.83. The Balaban J connectivity index is 2.19. The Hall–Kier alpha value is -2.03. The van der Waals surface area contributed by atoms with E-state index in [4.69, 9.17) is 22.1 Å². The zero-order valence-corrected chi connectivity index (χ0v) is 11.4. The van der Waals surface area contributed by atoms with Gasteiger partial charge in [0.05, 0.1) is 23.0 Å². The number of nitrogens with one attached hydrogen (secondary N) is 1. The third kappa shape index (κ3) is 3.29. The topological polar surface area (TPSA) is 108 Å². The van der Waals surface area contributed by atoms with Crippen molar-refractivity contribution in [2.75, 3.05) is 19.0 Å². The molecule has 1 heterocycles. The fourth-order valence-corrected chi connectivity index (χ4v) is 1.68. The van der Waals surface area contributed by atoms with Crippen molar-refractivity contribution in [2.45, 2.75) is 6.04 Å². The second kappa shape index (κ2) is 6.42. The predicted octanol–water partition coefficient (Wildman–Crippen LogP) is 0.228. The average Bonchev–Trinajstić information content (AvgIpc) is 2.95. The highest BCUT2D eigenvalue weighted by molar-refractivity contribution is 6.33.